The summed E-state index contributed by atoms with van der Waals surface area (Å²) in [5.74, 6) is 0.453. The van der Waals surface area contributed by atoms with E-state index < -0.39 is 0 Å². The third-order valence-electron chi connectivity index (χ3n) is 5.83. The lowest BCUT2D eigenvalue weighted by atomic mass is 9.90. The monoisotopic (exact) mass is 418 g/mol. The Morgan fingerprint density at radius 3 is 2.65 bits per heavy atom. The van der Waals surface area contributed by atoms with E-state index in [2.05, 4.69) is 30.1 Å². The van der Waals surface area contributed by atoms with Crippen molar-refractivity contribution in [2.24, 2.45) is 0 Å². The van der Waals surface area contributed by atoms with E-state index in [4.69, 9.17) is 9.72 Å². The molecule has 0 radical (unpaired) electrons. The maximum atomic E-state index is 13.7. The Morgan fingerprint density at radius 1 is 1.23 bits per heavy atom. The molecule has 6 nitrogen and oxygen atoms in total. The van der Waals surface area contributed by atoms with Gasteiger partial charge in [-0.15, -0.1) is 0 Å². The standard InChI is InChI=1S/C24H23FN4O2/c1-13(2)22-23(15-4-6-17(25)7-5-15)19-8-16-10-26-28-20(16)9-21(19)27-24(22)31-18-11-29(12-18)14(3)30/h4-10,13,18H,11-12H2,1-3H3,(H,26,28). The molecule has 0 spiro atoms. The molecular weight excluding hydrogens is 395 g/mol. The van der Waals surface area contributed by atoms with Gasteiger partial charge in [0.1, 0.15) is 11.9 Å². The summed E-state index contributed by atoms with van der Waals surface area (Å²) in [5, 5.41) is 9.09. The van der Waals surface area contributed by atoms with Gasteiger partial charge < -0.3 is 9.64 Å². The topological polar surface area (TPSA) is 71.1 Å². The van der Waals surface area contributed by atoms with E-state index in [1.165, 1.54) is 12.1 Å². The summed E-state index contributed by atoms with van der Waals surface area (Å²) in [5.41, 5.74) is 4.53. The number of rotatable bonds is 4. The summed E-state index contributed by atoms with van der Waals surface area (Å²) in [7, 11) is 0. The molecule has 0 aliphatic carbocycles. The number of aromatic nitrogens is 3. The molecule has 0 saturated carbocycles. The van der Waals surface area contributed by atoms with Gasteiger partial charge >= 0.3 is 0 Å². The zero-order valence-corrected chi connectivity index (χ0v) is 17.6. The van der Waals surface area contributed by atoms with Crippen LogP contribution in [0.5, 0.6) is 5.88 Å². The van der Waals surface area contributed by atoms with E-state index in [0.717, 1.165) is 38.5 Å². The molecule has 158 valence electrons. The van der Waals surface area contributed by atoms with Crippen LogP contribution in [0.15, 0.2) is 42.6 Å². The van der Waals surface area contributed by atoms with Gasteiger partial charge in [-0.1, -0.05) is 26.0 Å². The third-order valence-corrected chi connectivity index (χ3v) is 5.83. The Morgan fingerprint density at radius 2 is 1.97 bits per heavy atom. The number of amides is 1. The van der Waals surface area contributed by atoms with Gasteiger partial charge in [0.25, 0.3) is 0 Å². The average molecular weight is 418 g/mol. The van der Waals surface area contributed by atoms with Crippen LogP contribution in [-0.2, 0) is 4.79 Å². The highest BCUT2D eigenvalue weighted by Gasteiger charge is 2.32. The molecule has 1 saturated heterocycles. The first kappa shape index (κ1) is 19.5. The molecule has 5 rings (SSSR count). The van der Waals surface area contributed by atoms with Crippen LogP contribution in [0, 0.1) is 5.82 Å². The third kappa shape index (κ3) is 3.40. The lowest BCUT2D eigenvalue weighted by molar-refractivity contribution is -0.137. The molecule has 1 fully saturated rings. The van der Waals surface area contributed by atoms with Gasteiger partial charge in [-0.25, -0.2) is 9.37 Å². The van der Waals surface area contributed by atoms with Gasteiger partial charge in [-0.2, -0.15) is 5.10 Å². The number of H-pyrrole nitrogens is 1. The summed E-state index contributed by atoms with van der Waals surface area (Å²) in [6, 6.07) is 10.6. The van der Waals surface area contributed by atoms with Crippen LogP contribution in [0.2, 0.25) is 0 Å². The highest BCUT2D eigenvalue weighted by atomic mass is 19.1. The van der Waals surface area contributed by atoms with Crippen molar-refractivity contribution in [2.75, 3.05) is 13.1 Å². The van der Waals surface area contributed by atoms with Crippen molar-refractivity contribution in [3.63, 3.8) is 0 Å². The Labute approximate surface area is 179 Å². The minimum absolute atomic E-state index is 0.0454. The predicted molar refractivity (Wildman–Crippen MR) is 118 cm³/mol. The summed E-state index contributed by atoms with van der Waals surface area (Å²) >= 11 is 0. The van der Waals surface area contributed by atoms with Gasteiger partial charge in [-0.05, 0) is 41.3 Å². The minimum Gasteiger partial charge on any atom is -0.470 e. The van der Waals surface area contributed by atoms with Gasteiger partial charge in [-0.3, -0.25) is 9.89 Å². The largest absolute Gasteiger partial charge is 0.470 e. The van der Waals surface area contributed by atoms with E-state index in [9.17, 15) is 9.18 Å². The Bertz CT molecular complexity index is 1290. The van der Waals surface area contributed by atoms with Crippen LogP contribution < -0.4 is 4.74 Å². The lowest BCUT2D eigenvalue weighted by Gasteiger charge is -2.38. The van der Waals surface area contributed by atoms with Crippen molar-refractivity contribution in [1.82, 2.24) is 20.1 Å². The summed E-state index contributed by atoms with van der Waals surface area (Å²) in [4.78, 5) is 18.2. The van der Waals surface area contributed by atoms with Crippen LogP contribution in [-0.4, -0.2) is 45.2 Å². The fourth-order valence-electron chi connectivity index (χ4n) is 4.18. The lowest BCUT2D eigenvalue weighted by Crippen LogP contribution is -2.55. The fourth-order valence-corrected chi connectivity index (χ4v) is 4.18. The Kier molecular flexibility index (Phi) is 4.61. The van der Waals surface area contributed by atoms with Gasteiger partial charge in [0.05, 0.1) is 30.3 Å². The van der Waals surface area contributed by atoms with Gasteiger partial charge in [0.15, 0.2) is 0 Å². The first-order valence-corrected chi connectivity index (χ1v) is 10.4. The molecular formula is C24H23FN4O2. The number of nitrogens with zero attached hydrogens (tertiary/aromatic N) is 3. The second-order valence-corrected chi connectivity index (χ2v) is 8.36. The van der Waals surface area contributed by atoms with E-state index in [-0.39, 0.29) is 23.7 Å². The Balaban J connectivity index is 1.72. The molecule has 3 heterocycles. The van der Waals surface area contributed by atoms with Crippen LogP contribution in [0.1, 0.15) is 32.3 Å². The highest BCUT2D eigenvalue weighted by molar-refractivity contribution is 6.04. The van der Waals surface area contributed by atoms with Crippen molar-refractivity contribution in [2.45, 2.75) is 32.8 Å². The second-order valence-electron chi connectivity index (χ2n) is 8.36. The molecule has 31 heavy (non-hydrogen) atoms. The molecule has 2 aromatic carbocycles. The number of aromatic amines is 1. The molecule has 0 atom stereocenters. The zero-order chi connectivity index (χ0) is 21.7. The molecule has 1 aliphatic heterocycles. The second kappa shape index (κ2) is 7.34. The molecule has 0 bridgehead atoms. The van der Waals surface area contributed by atoms with E-state index in [1.54, 1.807) is 30.2 Å². The summed E-state index contributed by atoms with van der Waals surface area (Å²) in [6.07, 6.45) is 1.69. The molecule has 4 aromatic rings. The number of ether oxygens (including phenoxy) is 1. The Hall–Kier alpha value is -3.48. The van der Waals surface area contributed by atoms with E-state index >= 15 is 0 Å². The average Bonchev–Trinajstić information content (AvgIpc) is 3.15. The summed E-state index contributed by atoms with van der Waals surface area (Å²) in [6.45, 7) is 6.87. The van der Waals surface area contributed by atoms with Crippen molar-refractivity contribution in [3.05, 3.63) is 54.0 Å². The van der Waals surface area contributed by atoms with Crippen molar-refractivity contribution in [1.29, 1.82) is 0 Å². The summed E-state index contributed by atoms with van der Waals surface area (Å²) < 4.78 is 20.0. The molecule has 1 amide bonds. The molecule has 2 aromatic heterocycles. The smallest absolute Gasteiger partial charge is 0.219 e. The molecule has 0 unspecified atom stereocenters. The molecule has 7 heteroatoms. The molecule has 1 N–H and O–H groups in total. The van der Waals surface area contributed by atoms with Crippen molar-refractivity contribution >= 4 is 27.7 Å². The number of benzene rings is 2. The van der Waals surface area contributed by atoms with Crippen molar-refractivity contribution < 1.29 is 13.9 Å². The number of hydrogen-bond donors (Lipinski definition) is 1. The maximum Gasteiger partial charge on any atom is 0.219 e. The number of hydrogen-bond acceptors (Lipinski definition) is 4. The van der Waals surface area contributed by atoms with E-state index in [1.807, 2.05) is 6.07 Å². The fraction of sp³-hybridized carbons (Fsp3) is 0.292. The first-order chi connectivity index (χ1) is 14.9. The first-order valence-electron chi connectivity index (χ1n) is 10.4. The maximum absolute atomic E-state index is 13.7. The van der Waals surface area contributed by atoms with Crippen molar-refractivity contribution in [3.8, 4) is 17.0 Å². The van der Waals surface area contributed by atoms with Crippen LogP contribution in [0.4, 0.5) is 4.39 Å². The predicted octanol–water partition coefficient (Wildman–Crippen LogP) is 4.65. The van der Waals surface area contributed by atoms with Gasteiger partial charge in [0.2, 0.25) is 11.8 Å². The quantitative estimate of drug-likeness (QED) is 0.524. The zero-order valence-electron chi connectivity index (χ0n) is 17.6. The number of likely N-dealkylation sites (tertiary alicyclic amines) is 1. The number of nitrogens with one attached hydrogen (secondary N) is 1. The number of halogens is 1. The van der Waals surface area contributed by atoms with E-state index in [0.29, 0.717) is 19.0 Å². The number of fused-ring (bicyclic) bond motifs is 2. The number of carbonyl (C=O) groups excluding carboxylic acids is 1. The SMILES string of the molecule is CC(=O)N1CC(Oc2nc3cc4[nH]ncc4cc3c(-c3ccc(F)cc3)c2C(C)C)C1. The highest BCUT2D eigenvalue weighted by Crippen LogP contribution is 2.42. The van der Waals surface area contributed by atoms with Gasteiger partial charge in [0, 0.05) is 23.3 Å². The van der Waals surface area contributed by atoms with Crippen LogP contribution >= 0.6 is 0 Å². The number of carbonyl (C=O) groups is 1. The minimum atomic E-state index is -0.277. The van der Waals surface area contributed by atoms with Crippen LogP contribution in [0.3, 0.4) is 0 Å². The normalized spacial score (nSPS) is 14.4. The number of pyridine rings is 1. The van der Waals surface area contributed by atoms with Crippen LogP contribution in [0.25, 0.3) is 32.9 Å². The molecule has 1 aliphatic rings.